The highest BCUT2D eigenvalue weighted by atomic mass is 35.5. The molecule has 1 atom stereocenters. The second-order valence-electron chi connectivity index (χ2n) is 5.47. The molecule has 0 spiro atoms. The average molecular weight is 356 g/mol. The molecule has 6 heteroatoms. The van der Waals surface area contributed by atoms with Gasteiger partial charge in [-0.1, -0.05) is 29.8 Å². The first-order chi connectivity index (χ1) is 11.7. The largest absolute Gasteiger partial charge is 0.367 e. The molecule has 120 valence electrons. The van der Waals surface area contributed by atoms with Crippen LogP contribution >= 0.6 is 22.9 Å². The summed E-state index contributed by atoms with van der Waals surface area (Å²) < 4.78 is 0. The molecule has 1 N–H and O–H groups in total. The summed E-state index contributed by atoms with van der Waals surface area (Å²) in [6, 6.07) is 15.5. The minimum absolute atomic E-state index is 0.464. The van der Waals surface area contributed by atoms with Gasteiger partial charge in [0.15, 0.2) is 6.23 Å². The van der Waals surface area contributed by atoms with E-state index in [9.17, 15) is 5.11 Å². The minimum Gasteiger partial charge on any atom is -0.367 e. The molecule has 0 saturated heterocycles. The Labute approximate surface area is 148 Å². The highest BCUT2D eigenvalue weighted by molar-refractivity contribution is 7.15. The van der Waals surface area contributed by atoms with E-state index in [0.717, 1.165) is 26.6 Å². The number of aliphatic hydroxyl groups excluding tert-OH is 1. The molecule has 0 saturated carbocycles. The molecule has 3 heterocycles. The van der Waals surface area contributed by atoms with Crippen molar-refractivity contribution in [1.29, 1.82) is 0 Å². The van der Waals surface area contributed by atoms with Gasteiger partial charge in [0, 0.05) is 21.7 Å². The highest BCUT2D eigenvalue weighted by Crippen LogP contribution is 2.38. The number of hydrazone groups is 1. The molecule has 0 aliphatic carbocycles. The van der Waals surface area contributed by atoms with Crippen LogP contribution in [0.2, 0.25) is 5.02 Å². The fourth-order valence-corrected chi connectivity index (χ4v) is 3.86. The summed E-state index contributed by atoms with van der Waals surface area (Å²) in [4.78, 5) is 6.27. The Balaban J connectivity index is 1.61. The van der Waals surface area contributed by atoms with Crippen LogP contribution in [0.1, 0.15) is 22.4 Å². The quantitative estimate of drug-likeness (QED) is 0.761. The smallest absolute Gasteiger partial charge is 0.178 e. The molecular formula is C18H14ClN3OS. The number of hydrogen-bond acceptors (Lipinski definition) is 5. The van der Waals surface area contributed by atoms with E-state index in [4.69, 9.17) is 11.6 Å². The molecule has 1 unspecified atom stereocenters. The van der Waals surface area contributed by atoms with E-state index in [1.54, 1.807) is 28.8 Å². The number of pyridine rings is 1. The Kier molecular flexibility index (Phi) is 4.06. The van der Waals surface area contributed by atoms with Crippen molar-refractivity contribution in [3.63, 3.8) is 0 Å². The van der Waals surface area contributed by atoms with Gasteiger partial charge in [-0.05, 0) is 35.9 Å². The van der Waals surface area contributed by atoms with Crippen LogP contribution in [0.15, 0.2) is 59.8 Å². The van der Waals surface area contributed by atoms with Gasteiger partial charge < -0.3 is 5.11 Å². The number of hydrogen-bond donors (Lipinski definition) is 1. The van der Waals surface area contributed by atoms with Gasteiger partial charge in [-0.15, -0.1) is 11.3 Å². The SMILES string of the molecule is OC1c2sc(-c3ccc(Cl)cc3)cc2C=NN1Cc1ccccn1. The maximum Gasteiger partial charge on any atom is 0.178 e. The molecule has 0 amide bonds. The first-order valence-corrected chi connectivity index (χ1v) is 8.68. The van der Waals surface area contributed by atoms with Gasteiger partial charge in [-0.3, -0.25) is 9.99 Å². The van der Waals surface area contributed by atoms with Crippen LogP contribution in [0, 0.1) is 0 Å². The molecule has 0 fully saturated rings. The van der Waals surface area contributed by atoms with Gasteiger partial charge >= 0.3 is 0 Å². The Hall–Kier alpha value is -2.21. The molecule has 1 aliphatic rings. The van der Waals surface area contributed by atoms with Crippen molar-refractivity contribution in [3.8, 4) is 10.4 Å². The number of fused-ring (bicyclic) bond motifs is 1. The molecule has 1 aromatic carbocycles. The molecule has 24 heavy (non-hydrogen) atoms. The summed E-state index contributed by atoms with van der Waals surface area (Å²) in [6.07, 6.45) is 2.77. The second-order valence-corrected chi connectivity index (χ2v) is 6.99. The van der Waals surface area contributed by atoms with E-state index in [2.05, 4.69) is 10.1 Å². The third-order valence-corrected chi connectivity index (χ3v) is 5.32. The molecule has 0 radical (unpaired) electrons. The summed E-state index contributed by atoms with van der Waals surface area (Å²) in [5, 5.41) is 17.4. The number of nitrogens with zero attached hydrogens (tertiary/aromatic N) is 3. The van der Waals surface area contributed by atoms with Crippen LogP contribution in [-0.2, 0) is 6.54 Å². The number of rotatable bonds is 3. The summed E-state index contributed by atoms with van der Waals surface area (Å²) in [5.74, 6) is 0. The molecule has 2 aromatic heterocycles. The molecule has 3 aromatic rings. The van der Waals surface area contributed by atoms with Gasteiger partial charge in [0.2, 0.25) is 0 Å². The van der Waals surface area contributed by atoms with Crippen LogP contribution in [-0.4, -0.2) is 21.3 Å². The molecular weight excluding hydrogens is 342 g/mol. The maximum absolute atomic E-state index is 10.7. The van der Waals surface area contributed by atoms with Gasteiger partial charge in [-0.2, -0.15) is 5.10 Å². The van der Waals surface area contributed by atoms with E-state index < -0.39 is 6.23 Å². The minimum atomic E-state index is -0.766. The highest BCUT2D eigenvalue weighted by Gasteiger charge is 2.25. The topological polar surface area (TPSA) is 48.7 Å². The van der Waals surface area contributed by atoms with Crippen molar-refractivity contribution in [3.05, 3.63) is 75.9 Å². The fraction of sp³-hybridized carbons (Fsp3) is 0.111. The second kappa shape index (κ2) is 6.36. The zero-order valence-corrected chi connectivity index (χ0v) is 14.2. The number of aromatic nitrogens is 1. The van der Waals surface area contributed by atoms with Gasteiger partial charge in [0.25, 0.3) is 0 Å². The Bertz CT molecular complexity index is 877. The van der Waals surface area contributed by atoms with E-state index in [1.165, 1.54) is 0 Å². The summed E-state index contributed by atoms with van der Waals surface area (Å²) in [6.45, 7) is 0.464. The van der Waals surface area contributed by atoms with Gasteiger partial charge in [-0.25, -0.2) is 0 Å². The van der Waals surface area contributed by atoms with E-state index >= 15 is 0 Å². The predicted octanol–water partition coefficient (Wildman–Crippen LogP) is 4.30. The first kappa shape index (κ1) is 15.3. The Morgan fingerprint density at radius 3 is 2.75 bits per heavy atom. The number of thiophene rings is 1. The third-order valence-electron chi connectivity index (χ3n) is 3.83. The van der Waals surface area contributed by atoms with Crippen molar-refractivity contribution in [2.45, 2.75) is 12.8 Å². The average Bonchev–Trinajstić information content (AvgIpc) is 3.04. The van der Waals surface area contributed by atoms with E-state index in [-0.39, 0.29) is 0 Å². The fourth-order valence-electron chi connectivity index (χ4n) is 2.60. The third kappa shape index (κ3) is 2.94. The van der Waals surface area contributed by atoms with Crippen molar-refractivity contribution >= 4 is 29.2 Å². The lowest BCUT2D eigenvalue weighted by Crippen LogP contribution is -2.26. The van der Waals surface area contributed by atoms with Crippen molar-refractivity contribution in [1.82, 2.24) is 9.99 Å². The molecule has 4 nitrogen and oxygen atoms in total. The summed E-state index contributed by atoms with van der Waals surface area (Å²) in [7, 11) is 0. The Morgan fingerprint density at radius 2 is 2.00 bits per heavy atom. The van der Waals surface area contributed by atoms with Gasteiger partial charge in [0.05, 0.1) is 23.3 Å². The number of aliphatic hydroxyl groups is 1. The first-order valence-electron chi connectivity index (χ1n) is 7.49. The lowest BCUT2D eigenvalue weighted by molar-refractivity contribution is -0.00287. The van der Waals surface area contributed by atoms with Crippen LogP contribution in [0.25, 0.3) is 10.4 Å². The van der Waals surface area contributed by atoms with Crippen LogP contribution in [0.3, 0.4) is 0 Å². The lowest BCUT2D eigenvalue weighted by atomic mass is 10.1. The standard InChI is InChI=1S/C18H14ClN3OS/c19-14-6-4-12(5-7-14)16-9-13-10-21-22(18(23)17(13)24-16)11-15-3-1-2-8-20-15/h1-10,18,23H,11H2. The molecule has 4 rings (SSSR count). The van der Waals surface area contributed by atoms with Crippen molar-refractivity contribution < 1.29 is 5.11 Å². The summed E-state index contributed by atoms with van der Waals surface area (Å²) >= 11 is 7.52. The van der Waals surface area contributed by atoms with Gasteiger partial charge in [0.1, 0.15) is 0 Å². The zero-order valence-electron chi connectivity index (χ0n) is 12.6. The summed E-state index contributed by atoms with van der Waals surface area (Å²) in [5.41, 5.74) is 2.90. The van der Waals surface area contributed by atoms with Crippen LogP contribution in [0.4, 0.5) is 0 Å². The monoisotopic (exact) mass is 355 g/mol. The predicted molar refractivity (Wildman–Crippen MR) is 97.1 cm³/mol. The molecule has 1 aliphatic heterocycles. The van der Waals surface area contributed by atoms with Crippen molar-refractivity contribution in [2.75, 3.05) is 0 Å². The lowest BCUT2D eigenvalue weighted by Gasteiger charge is -2.27. The Morgan fingerprint density at radius 1 is 1.17 bits per heavy atom. The van der Waals surface area contributed by atoms with E-state index in [1.807, 2.05) is 48.5 Å². The molecule has 0 bridgehead atoms. The van der Waals surface area contributed by atoms with Crippen LogP contribution in [0.5, 0.6) is 0 Å². The normalized spacial score (nSPS) is 16.2. The number of benzene rings is 1. The zero-order chi connectivity index (χ0) is 16.5. The van der Waals surface area contributed by atoms with Crippen LogP contribution < -0.4 is 0 Å². The van der Waals surface area contributed by atoms with E-state index in [0.29, 0.717) is 11.6 Å². The number of halogens is 1. The van der Waals surface area contributed by atoms with Crippen molar-refractivity contribution in [2.24, 2.45) is 5.10 Å². The maximum atomic E-state index is 10.7.